The third-order valence-electron chi connectivity index (χ3n) is 3.62. The van der Waals surface area contributed by atoms with Crippen LogP contribution in [0.1, 0.15) is 24.0 Å². The second kappa shape index (κ2) is 7.70. The molecule has 1 unspecified atom stereocenters. The zero-order chi connectivity index (χ0) is 15.1. The van der Waals surface area contributed by atoms with E-state index in [0.717, 1.165) is 24.8 Å². The van der Waals surface area contributed by atoms with Gasteiger partial charge in [0.05, 0.1) is 13.2 Å². The first kappa shape index (κ1) is 15.4. The van der Waals surface area contributed by atoms with Gasteiger partial charge >= 0.3 is 0 Å². The Morgan fingerprint density at radius 1 is 0.952 bits per heavy atom. The Hall–Kier alpha value is -2.00. The van der Waals surface area contributed by atoms with Crippen LogP contribution >= 0.6 is 0 Å². The van der Waals surface area contributed by atoms with Gasteiger partial charge in [-0.3, -0.25) is 0 Å². The molecule has 0 saturated carbocycles. The summed E-state index contributed by atoms with van der Waals surface area (Å²) in [7, 11) is 1.54. The fourth-order valence-electron chi connectivity index (χ4n) is 2.33. The molecule has 2 rings (SSSR count). The van der Waals surface area contributed by atoms with E-state index in [1.807, 2.05) is 30.3 Å². The monoisotopic (exact) mass is 286 g/mol. The number of phenolic OH excluding ortho intramolecular Hbond substituents is 1. The van der Waals surface area contributed by atoms with Gasteiger partial charge in [0.1, 0.15) is 0 Å². The largest absolute Gasteiger partial charge is 0.504 e. The van der Waals surface area contributed by atoms with Crippen LogP contribution in [0.15, 0.2) is 48.5 Å². The SMILES string of the molecule is COc1cc(CCC(O)CCc2ccccc2)ccc1O. The molecule has 2 aromatic rings. The van der Waals surface area contributed by atoms with E-state index in [0.29, 0.717) is 12.2 Å². The minimum atomic E-state index is -0.315. The van der Waals surface area contributed by atoms with Gasteiger partial charge in [-0.15, -0.1) is 0 Å². The number of methoxy groups -OCH3 is 1. The molecular weight excluding hydrogens is 264 g/mol. The van der Waals surface area contributed by atoms with Crippen molar-refractivity contribution in [1.82, 2.24) is 0 Å². The van der Waals surface area contributed by atoms with Crippen LogP contribution in [-0.4, -0.2) is 23.4 Å². The van der Waals surface area contributed by atoms with Crippen LogP contribution in [0, 0.1) is 0 Å². The van der Waals surface area contributed by atoms with Crippen LogP contribution in [0.5, 0.6) is 11.5 Å². The molecule has 0 bridgehead atoms. The van der Waals surface area contributed by atoms with Crippen LogP contribution < -0.4 is 4.74 Å². The van der Waals surface area contributed by atoms with Crippen LogP contribution in [0.25, 0.3) is 0 Å². The van der Waals surface area contributed by atoms with Crippen molar-refractivity contribution in [3.63, 3.8) is 0 Å². The van der Waals surface area contributed by atoms with Gasteiger partial charge in [0.2, 0.25) is 0 Å². The highest BCUT2D eigenvalue weighted by molar-refractivity contribution is 5.41. The summed E-state index contributed by atoms with van der Waals surface area (Å²) in [6.07, 6.45) is 2.82. The quantitative estimate of drug-likeness (QED) is 0.821. The number of hydrogen-bond donors (Lipinski definition) is 2. The summed E-state index contributed by atoms with van der Waals surface area (Å²) in [4.78, 5) is 0. The number of ether oxygens (including phenoxy) is 1. The molecule has 0 aromatic heterocycles. The normalized spacial score (nSPS) is 12.1. The van der Waals surface area contributed by atoms with E-state index in [2.05, 4.69) is 12.1 Å². The summed E-state index contributed by atoms with van der Waals surface area (Å²) in [5.41, 5.74) is 2.31. The van der Waals surface area contributed by atoms with Crippen LogP contribution in [-0.2, 0) is 12.8 Å². The first-order chi connectivity index (χ1) is 10.2. The Balaban J connectivity index is 1.79. The molecule has 0 aliphatic carbocycles. The number of hydrogen-bond acceptors (Lipinski definition) is 3. The van der Waals surface area contributed by atoms with E-state index in [-0.39, 0.29) is 11.9 Å². The minimum Gasteiger partial charge on any atom is -0.504 e. The third-order valence-corrected chi connectivity index (χ3v) is 3.62. The topological polar surface area (TPSA) is 49.7 Å². The Morgan fingerprint density at radius 3 is 2.29 bits per heavy atom. The van der Waals surface area contributed by atoms with Crippen molar-refractivity contribution < 1.29 is 14.9 Å². The molecule has 112 valence electrons. The zero-order valence-electron chi connectivity index (χ0n) is 12.3. The molecule has 0 saturated heterocycles. The number of aliphatic hydroxyl groups is 1. The Labute approximate surface area is 125 Å². The molecule has 21 heavy (non-hydrogen) atoms. The molecule has 2 aromatic carbocycles. The van der Waals surface area contributed by atoms with Crippen molar-refractivity contribution in [2.75, 3.05) is 7.11 Å². The van der Waals surface area contributed by atoms with E-state index in [1.165, 1.54) is 12.7 Å². The number of aryl methyl sites for hydroxylation is 2. The van der Waals surface area contributed by atoms with Gasteiger partial charge in [0, 0.05) is 0 Å². The lowest BCUT2D eigenvalue weighted by atomic mass is 10.0. The molecule has 2 N–H and O–H groups in total. The average molecular weight is 286 g/mol. The summed E-state index contributed by atoms with van der Waals surface area (Å²) in [6, 6.07) is 15.5. The van der Waals surface area contributed by atoms with Gasteiger partial charge in [-0.05, 0) is 48.9 Å². The molecule has 3 nitrogen and oxygen atoms in total. The standard InChI is InChI=1S/C18H22O3/c1-21-18-13-15(9-12-17(18)20)8-11-16(19)10-7-14-5-3-2-4-6-14/h2-6,9,12-13,16,19-20H,7-8,10-11H2,1H3. The average Bonchev–Trinajstić information content (AvgIpc) is 2.53. The Morgan fingerprint density at radius 2 is 1.62 bits per heavy atom. The van der Waals surface area contributed by atoms with Crippen molar-refractivity contribution in [1.29, 1.82) is 0 Å². The summed E-state index contributed by atoms with van der Waals surface area (Å²) in [5, 5.41) is 19.6. The van der Waals surface area contributed by atoms with E-state index < -0.39 is 0 Å². The Bertz CT molecular complexity index is 552. The number of rotatable bonds is 7. The fraction of sp³-hybridized carbons (Fsp3) is 0.333. The maximum atomic E-state index is 10.1. The highest BCUT2D eigenvalue weighted by Crippen LogP contribution is 2.27. The molecule has 0 aliphatic heterocycles. The minimum absolute atomic E-state index is 0.144. The molecule has 3 heteroatoms. The predicted molar refractivity (Wildman–Crippen MR) is 83.7 cm³/mol. The van der Waals surface area contributed by atoms with Crippen molar-refractivity contribution in [3.8, 4) is 11.5 Å². The molecule has 0 spiro atoms. The smallest absolute Gasteiger partial charge is 0.160 e. The summed E-state index contributed by atoms with van der Waals surface area (Å²) >= 11 is 0. The highest BCUT2D eigenvalue weighted by Gasteiger charge is 2.07. The van der Waals surface area contributed by atoms with Crippen LogP contribution in [0.2, 0.25) is 0 Å². The van der Waals surface area contributed by atoms with Gasteiger partial charge in [-0.2, -0.15) is 0 Å². The van der Waals surface area contributed by atoms with Crippen LogP contribution in [0.4, 0.5) is 0 Å². The zero-order valence-corrected chi connectivity index (χ0v) is 12.3. The van der Waals surface area contributed by atoms with Gasteiger partial charge in [0.15, 0.2) is 11.5 Å². The maximum Gasteiger partial charge on any atom is 0.160 e. The first-order valence-corrected chi connectivity index (χ1v) is 7.27. The fourth-order valence-corrected chi connectivity index (χ4v) is 2.33. The lowest BCUT2D eigenvalue weighted by molar-refractivity contribution is 0.155. The number of aliphatic hydroxyl groups excluding tert-OH is 1. The summed E-state index contributed by atoms with van der Waals surface area (Å²) in [5.74, 6) is 0.622. The van der Waals surface area contributed by atoms with Gasteiger partial charge < -0.3 is 14.9 Å². The lowest BCUT2D eigenvalue weighted by Crippen LogP contribution is -2.09. The predicted octanol–water partition coefficient (Wildman–Crippen LogP) is 3.33. The second-order valence-electron chi connectivity index (χ2n) is 5.22. The molecule has 0 radical (unpaired) electrons. The highest BCUT2D eigenvalue weighted by atomic mass is 16.5. The first-order valence-electron chi connectivity index (χ1n) is 7.27. The van der Waals surface area contributed by atoms with Crippen molar-refractivity contribution in [2.45, 2.75) is 31.8 Å². The molecule has 1 atom stereocenters. The molecule has 0 aliphatic rings. The van der Waals surface area contributed by atoms with E-state index in [4.69, 9.17) is 4.74 Å². The molecular formula is C18H22O3. The van der Waals surface area contributed by atoms with Crippen molar-refractivity contribution >= 4 is 0 Å². The number of benzene rings is 2. The third kappa shape index (κ3) is 4.80. The lowest BCUT2D eigenvalue weighted by Gasteiger charge is -2.11. The maximum absolute atomic E-state index is 10.1. The van der Waals surface area contributed by atoms with Crippen LogP contribution in [0.3, 0.4) is 0 Å². The van der Waals surface area contributed by atoms with Crippen molar-refractivity contribution in [2.24, 2.45) is 0 Å². The van der Waals surface area contributed by atoms with Gasteiger partial charge in [-0.1, -0.05) is 36.4 Å². The summed E-state index contributed by atoms with van der Waals surface area (Å²) in [6.45, 7) is 0. The number of phenols is 1. The van der Waals surface area contributed by atoms with Gasteiger partial charge in [0.25, 0.3) is 0 Å². The van der Waals surface area contributed by atoms with Gasteiger partial charge in [-0.25, -0.2) is 0 Å². The molecule has 0 amide bonds. The summed E-state index contributed by atoms with van der Waals surface area (Å²) < 4.78 is 5.09. The Kier molecular flexibility index (Phi) is 5.64. The van der Waals surface area contributed by atoms with Crippen molar-refractivity contribution in [3.05, 3.63) is 59.7 Å². The second-order valence-corrected chi connectivity index (χ2v) is 5.22. The van der Waals surface area contributed by atoms with E-state index in [1.54, 1.807) is 6.07 Å². The van der Waals surface area contributed by atoms with E-state index in [9.17, 15) is 10.2 Å². The van der Waals surface area contributed by atoms with E-state index >= 15 is 0 Å². The molecule has 0 heterocycles. The molecule has 0 fully saturated rings. The number of aromatic hydroxyl groups is 1.